The number of likely N-dealkylation sites (N-methyl/N-ethyl adjacent to an activating group) is 1. The first kappa shape index (κ1) is 28.7. The number of rotatable bonds is 21. The number of nitrogens with zero attached hydrogens (tertiary/aromatic N) is 1. The Bertz CT molecular complexity index is 401. The fourth-order valence-electron chi connectivity index (χ4n) is 3.45. The summed E-state index contributed by atoms with van der Waals surface area (Å²) in [5.74, 6) is -0.351. The predicted octanol–water partition coefficient (Wildman–Crippen LogP) is 7.27. The molecule has 0 rings (SSSR count). The lowest BCUT2D eigenvalue weighted by Gasteiger charge is -2.19. The quantitative estimate of drug-likeness (QED) is 0.143. The third kappa shape index (κ3) is 18.7. The van der Waals surface area contributed by atoms with Crippen molar-refractivity contribution in [3.63, 3.8) is 0 Å². The minimum Gasteiger partial charge on any atom is -0.464 e. The number of carbonyl (C=O) groups is 2. The van der Waals surface area contributed by atoms with E-state index in [2.05, 4.69) is 6.92 Å². The second-order valence-electron chi connectivity index (χ2n) is 8.30. The molecule has 0 aromatic heterocycles. The van der Waals surface area contributed by atoms with E-state index >= 15 is 0 Å². The van der Waals surface area contributed by atoms with Gasteiger partial charge in [-0.2, -0.15) is 0 Å². The van der Waals surface area contributed by atoms with E-state index in [1.165, 1.54) is 88.4 Å². The largest absolute Gasteiger partial charge is 0.464 e. The second kappa shape index (κ2) is 22.4. The summed E-state index contributed by atoms with van der Waals surface area (Å²) in [7, 11) is 0. The fraction of sp³-hybridized carbons (Fsp3) is 0.920. The van der Waals surface area contributed by atoms with Gasteiger partial charge in [-0.25, -0.2) is 4.79 Å². The van der Waals surface area contributed by atoms with Crippen molar-refractivity contribution in [3.8, 4) is 0 Å². The highest BCUT2D eigenvalue weighted by Gasteiger charge is 2.17. The Kier molecular flexibility index (Phi) is 21.5. The number of carbonyl (C=O) groups excluding carboxylic acids is 2. The summed E-state index contributed by atoms with van der Waals surface area (Å²) in [6.07, 6.45) is 20.1. The van der Waals surface area contributed by atoms with Gasteiger partial charge < -0.3 is 9.47 Å². The molecule has 5 heteroatoms. The minimum absolute atomic E-state index is 0.0300. The monoisotopic (exact) mass is 427 g/mol. The van der Waals surface area contributed by atoms with Crippen LogP contribution in [0.1, 0.15) is 124 Å². The average molecular weight is 428 g/mol. The molecule has 0 radical (unpaired) electrons. The van der Waals surface area contributed by atoms with Gasteiger partial charge in [0.05, 0.1) is 13.2 Å². The lowest BCUT2D eigenvalue weighted by Crippen LogP contribution is -2.36. The van der Waals surface area contributed by atoms with Crippen LogP contribution in [0.2, 0.25) is 0 Å². The van der Waals surface area contributed by atoms with Gasteiger partial charge in [-0.1, -0.05) is 104 Å². The minimum atomic E-state index is -0.441. The fourth-order valence-corrected chi connectivity index (χ4v) is 3.45. The van der Waals surface area contributed by atoms with Crippen molar-refractivity contribution in [2.45, 2.75) is 124 Å². The number of esters is 1. The van der Waals surface area contributed by atoms with E-state index in [0.717, 1.165) is 19.3 Å². The van der Waals surface area contributed by atoms with Crippen LogP contribution in [0.4, 0.5) is 4.79 Å². The number of hydrogen-bond acceptors (Lipinski definition) is 4. The first-order chi connectivity index (χ1) is 14.7. The van der Waals surface area contributed by atoms with Crippen LogP contribution in [0.25, 0.3) is 0 Å². The van der Waals surface area contributed by atoms with Gasteiger partial charge >= 0.3 is 12.1 Å². The van der Waals surface area contributed by atoms with E-state index in [4.69, 9.17) is 9.47 Å². The predicted molar refractivity (Wildman–Crippen MR) is 125 cm³/mol. The summed E-state index contributed by atoms with van der Waals surface area (Å²) in [4.78, 5) is 25.0. The summed E-state index contributed by atoms with van der Waals surface area (Å²) in [5, 5.41) is 0. The number of unbranched alkanes of at least 4 members (excludes halogenated alkanes) is 14. The molecule has 0 bridgehead atoms. The molecule has 1 amide bonds. The van der Waals surface area contributed by atoms with Crippen LogP contribution >= 0.6 is 0 Å². The van der Waals surface area contributed by atoms with Crippen molar-refractivity contribution < 1.29 is 19.1 Å². The molecule has 0 aliphatic rings. The highest BCUT2D eigenvalue weighted by Crippen LogP contribution is 2.13. The Hall–Kier alpha value is -1.26. The zero-order chi connectivity index (χ0) is 22.3. The number of amides is 1. The molecular formula is C25H49NO4. The maximum Gasteiger partial charge on any atom is 0.410 e. The van der Waals surface area contributed by atoms with Crippen molar-refractivity contribution in [3.05, 3.63) is 0 Å². The SMILES string of the molecule is CCCCCCCCCCCCCCCCCOC(=O)CN(CC)C(=O)OCCC. The van der Waals surface area contributed by atoms with E-state index in [1.807, 2.05) is 13.8 Å². The van der Waals surface area contributed by atoms with Crippen LogP contribution in [0.15, 0.2) is 0 Å². The molecule has 0 saturated heterocycles. The van der Waals surface area contributed by atoms with Gasteiger partial charge in [0.15, 0.2) is 0 Å². The van der Waals surface area contributed by atoms with Crippen LogP contribution in [0.3, 0.4) is 0 Å². The second-order valence-corrected chi connectivity index (χ2v) is 8.30. The highest BCUT2D eigenvalue weighted by atomic mass is 16.6. The van der Waals surface area contributed by atoms with Gasteiger partial charge in [0.1, 0.15) is 6.54 Å². The zero-order valence-corrected chi connectivity index (χ0v) is 20.2. The third-order valence-corrected chi connectivity index (χ3v) is 5.40. The standard InChI is InChI=1S/C25H49NO4/c1-4-7-8-9-10-11-12-13-14-15-16-17-18-19-20-22-29-24(27)23-26(6-3)25(28)30-21-5-2/h4-23H2,1-3H3. The molecule has 0 aromatic rings. The molecule has 0 heterocycles. The van der Waals surface area contributed by atoms with Gasteiger partial charge in [0.25, 0.3) is 0 Å². The summed E-state index contributed by atoms with van der Waals surface area (Å²) in [5.41, 5.74) is 0. The third-order valence-electron chi connectivity index (χ3n) is 5.40. The summed E-state index contributed by atoms with van der Waals surface area (Å²) in [6.45, 7) is 7.27. The molecule has 178 valence electrons. The van der Waals surface area contributed by atoms with Crippen molar-refractivity contribution in [2.75, 3.05) is 26.3 Å². The zero-order valence-electron chi connectivity index (χ0n) is 20.2. The molecule has 5 nitrogen and oxygen atoms in total. The van der Waals surface area contributed by atoms with E-state index in [9.17, 15) is 9.59 Å². The number of ether oxygens (including phenoxy) is 2. The van der Waals surface area contributed by atoms with Gasteiger partial charge in [0.2, 0.25) is 0 Å². The van der Waals surface area contributed by atoms with E-state index in [0.29, 0.717) is 19.8 Å². The molecule has 30 heavy (non-hydrogen) atoms. The molecule has 0 saturated carbocycles. The topological polar surface area (TPSA) is 55.8 Å². The molecule has 0 aromatic carbocycles. The van der Waals surface area contributed by atoms with Crippen LogP contribution in [-0.2, 0) is 14.3 Å². The van der Waals surface area contributed by atoms with Gasteiger partial charge in [0, 0.05) is 6.54 Å². The Morgan fingerprint density at radius 3 is 1.47 bits per heavy atom. The van der Waals surface area contributed by atoms with Gasteiger partial charge in [-0.05, 0) is 19.8 Å². The lowest BCUT2D eigenvalue weighted by molar-refractivity contribution is -0.144. The average Bonchev–Trinajstić information content (AvgIpc) is 2.75. The number of hydrogen-bond donors (Lipinski definition) is 0. The maximum atomic E-state index is 11.9. The Balaban J connectivity index is 3.40. The Labute approximate surface area is 186 Å². The normalized spacial score (nSPS) is 10.8. The highest BCUT2D eigenvalue weighted by molar-refractivity contribution is 5.78. The maximum absolute atomic E-state index is 11.9. The van der Waals surface area contributed by atoms with Crippen LogP contribution in [-0.4, -0.2) is 43.3 Å². The smallest absolute Gasteiger partial charge is 0.410 e. The molecule has 0 spiro atoms. The van der Waals surface area contributed by atoms with Gasteiger partial charge in [-0.3, -0.25) is 9.69 Å². The van der Waals surface area contributed by atoms with Crippen molar-refractivity contribution >= 4 is 12.1 Å². The molecule has 0 aliphatic heterocycles. The molecule has 0 fully saturated rings. The van der Waals surface area contributed by atoms with Crippen molar-refractivity contribution in [1.29, 1.82) is 0 Å². The van der Waals surface area contributed by atoms with E-state index < -0.39 is 6.09 Å². The summed E-state index contributed by atoms with van der Waals surface area (Å²) >= 11 is 0. The molecule has 0 aliphatic carbocycles. The lowest BCUT2D eigenvalue weighted by atomic mass is 10.0. The van der Waals surface area contributed by atoms with Crippen molar-refractivity contribution in [2.24, 2.45) is 0 Å². The molecule has 0 atom stereocenters. The van der Waals surface area contributed by atoms with Gasteiger partial charge in [-0.15, -0.1) is 0 Å². The first-order valence-corrected chi connectivity index (χ1v) is 12.7. The first-order valence-electron chi connectivity index (χ1n) is 12.7. The molecule has 0 unspecified atom stereocenters. The summed E-state index contributed by atoms with van der Waals surface area (Å²) in [6, 6.07) is 0. The van der Waals surface area contributed by atoms with E-state index in [1.54, 1.807) is 0 Å². The van der Waals surface area contributed by atoms with Crippen LogP contribution in [0.5, 0.6) is 0 Å². The van der Waals surface area contributed by atoms with Crippen LogP contribution in [0, 0.1) is 0 Å². The van der Waals surface area contributed by atoms with E-state index in [-0.39, 0.29) is 12.5 Å². The summed E-state index contributed by atoms with van der Waals surface area (Å²) < 4.78 is 10.3. The molecule has 0 N–H and O–H groups in total. The Morgan fingerprint density at radius 1 is 0.567 bits per heavy atom. The Morgan fingerprint density at radius 2 is 1.03 bits per heavy atom. The van der Waals surface area contributed by atoms with Crippen molar-refractivity contribution in [1.82, 2.24) is 4.90 Å². The van der Waals surface area contributed by atoms with Crippen LogP contribution < -0.4 is 0 Å². The molecular weight excluding hydrogens is 378 g/mol.